The fraction of sp³-hybridized carbons (Fsp3) is 0.364. The van der Waals surface area contributed by atoms with Gasteiger partial charge >= 0.3 is 0 Å². The van der Waals surface area contributed by atoms with Crippen molar-refractivity contribution in [2.45, 2.75) is 0 Å². The normalized spacial score (nSPS) is 11.2. The molecule has 1 rings (SSSR count). The second-order valence-electron chi connectivity index (χ2n) is 3.83. The number of nitrogens with one attached hydrogen (secondary N) is 2. The predicted molar refractivity (Wildman–Crippen MR) is 67.6 cm³/mol. The van der Waals surface area contributed by atoms with Gasteiger partial charge in [0, 0.05) is 12.8 Å². The van der Waals surface area contributed by atoms with Crippen LogP contribution in [-0.4, -0.2) is 39.4 Å². The summed E-state index contributed by atoms with van der Waals surface area (Å²) in [5.74, 6) is -0.976. The molecular formula is C11H15FN2O3S. The minimum Gasteiger partial charge on any atom is -0.322 e. The summed E-state index contributed by atoms with van der Waals surface area (Å²) in [6, 6.07) is 5.82. The summed E-state index contributed by atoms with van der Waals surface area (Å²) in [4.78, 5) is 11.4. The highest BCUT2D eigenvalue weighted by Crippen LogP contribution is 2.11. The van der Waals surface area contributed by atoms with Crippen LogP contribution in [0.4, 0.5) is 10.1 Å². The predicted octanol–water partition coefficient (Wildman–Crippen LogP) is 0.398. The van der Waals surface area contributed by atoms with Crippen LogP contribution in [0.15, 0.2) is 24.3 Å². The Morgan fingerprint density at radius 2 is 2.00 bits per heavy atom. The summed E-state index contributed by atoms with van der Waals surface area (Å²) in [6.45, 7) is 0.118. The molecule has 0 aliphatic carbocycles. The average molecular weight is 274 g/mol. The Bertz CT molecular complexity index is 517. The van der Waals surface area contributed by atoms with Crippen molar-refractivity contribution in [3.63, 3.8) is 0 Å². The molecule has 0 spiro atoms. The van der Waals surface area contributed by atoms with Crippen molar-refractivity contribution < 1.29 is 17.6 Å². The van der Waals surface area contributed by atoms with Crippen LogP contribution in [0.5, 0.6) is 0 Å². The lowest BCUT2D eigenvalue weighted by molar-refractivity contribution is -0.115. The Kier molecular flexibility index (Phi) is 5.24. The Morgan fingerprint density at radius 1 is 1.33 bits per heavy atom. The molecule has 0 aliphatic rings. The molecule has 1 aromatic carbocycles. The number of amides is 1. The second kappa shape index (κ2) is 6.46. The van der Waals surface area contributed by atoms with Crippen molar-refractivity contribution in [3.05, 3.63) is 30.1 Å². The largest absolute Gasteiger partial charge is 0.322 e. The molecule has 0 saturated carbocycles. The molecule has 100 valence electrons. The number of para-hydroxylation sites is 1. The maximum absolute atomic E-state index is 13.2. The molecule has 0 atom stereocenters. The molecule has 18 heavy (non-hydrogen) atoms. The van der Waals surface area contributed by atoms with E-state index in [-0.39, 0.29) is 24.5 Å². The molecule has 0 saturated heterocycles. The van der Waals surface area contributed by atoms with E-state index in [0.29, 0.717) is 0 Å². The highest BCUT2D eigenvalue weighted by atomic mass is 32.2. The van der Waals surface area contributed by atoms with Gasteiger partial charge in [-0.05, 0) is 12.1 Å². The van der Waals surface area contributed by atoms with Crippen LogP contribution in [0, 0.1) is 5.82 Å². The highest BCUT2D eigenvalue weighted by Gasteiger charge is 2.06. The van der Waals surface area contributed by atoms with Crippen molar-refractivity contribution in [3.8, 4) is 0 Å². The van der Waals surface area contributed by atoms with Crippen molar-refractivity contribution in [2.24, 2.45) is 0 Å². The third kappa shape index (κ3) is 5.74. The van der Waals surface area contributed by atoms with E-state index < -0.39 is 21.6 Å². The fourth-order valence-electron chi connectivity index (χ4n) is 1.22. The van der Waals surface area contributed by atoms with Gasteiger partial charge in [-0.15, -0.1) is 0 Å². The number of hydrogen-bond acceptors (Lipinski definition) is 4. The van der Waals surface area contributed by atoms with Gasteiger partial charge in [0.15, 0.2) is 0 Å². The van der Waals surface area contributed by atoms with Crippen LogP contribution in [-0.2, 0) is 14.6 Å². The van der Waals surface area contributed by atoms with Gasteiger partial charge in [0.25, 0.3) is 0 Å². The lowest BCUT2D eigenvalue weighted by Crippen LogP contribution is -2.31. The monoisotopic (exact) mass is 274 g/mol. The van der Waals surface area contributed by atoms with Crippen LogP contribution < -0.4 is 10.6 Å². The van der Waals surface area contributed by atoms with Crippen LogP contribution in [0.1, 0.15) is 0 Å². The first-order valence-corrected chi connectivity index (χ1v) is 7.37. The van der Waals surface area contributed by atoms with E-state index >= 15 is 0 Å². The number of carbonyl (C=O) groups is 1. The number of anilines is 1. The van der Waals surface area contributed by atoms with Crippen LogP contribution in [0.2, 0.25) is 0 Å². The third-order valence-electron chi connectivity index (χ3n) is 2.08. The smallest absolute Gasteiger partial charge is 0.238 e. The van der Waals surface area contributed by atoms with Crippen molar-refractivity contribution in [2.75, 3.05) is 30.4 Å². The Morgan fingerprint density at radius 3 is 2.61 bits per heavy atom. The van der Waals surface area contributed by atoms with Crippen molar-refractivity contribution in [1.29, 1.82) is 0 Å². The van der Waals surface area contributed by atoms with E-state index in [9.17, 15) is 17.6 Å². The zero-order valence-corrected chi connectivity index (χ0v) is 10.8. The molecular weight excluding hydrogens is 259 g/mol. The summed E-state index contributed by atoms with van der Waals surface area (Å²) in [7, 11) is -3.04. The molecule has 0 aliphatic heterocycles. The number of hydrogen-bond donors (Lipinski definition) is 2. The summed E-state index contributed by atoms with van der Waals surface area (Å²) in [6.07, 6.45) is 1.12. The van der Waals surface area contributed by atoms with E-state index in [1.165, 1.54) is 18.2 Å². The average Bonchev–Trinajstić information content (AvgIpc) is 2.26. The second-order valence-corrected chi connectivity index (χ2v) is 6.09. The zero-order chi connectivity index (χ0) is 13.6. The van der Waals surface area contributed by atoms with Crippen LogP contribution in [0.3, 0.4) is 0 Å². The number of sulfone groups is 1. The van der Waals surface area contributed by atoms with Crippen LogP contribution in [0.25, 0.3) is 0 Å². The van der Waals surface area contributed by atoms with Gasteiger partial charge in [-0.25, -0.2) is 12.8 Å². The first-order valence-electron chi connectivity index (χ1n) is 5.31. The Balaban J connectivity index is 2.33. The van der Waals surface area contributed by atoms with Crippen molar-refractivity contribution >= 4 is 21.4 Å². The third-order valence-corrected chi connectivity index (χ3v) is 3.03. The molecule has 7 heteroatoms. The van der Waals surface area contributed by atoms with Gasteiger partial charge in [-0.2, -0.15) is 0 Å². The highest BCUT2D eigenvalue weighted by molar-refractivity contribution is 7.90. The molecule has 0 aromatic heterocycles. The van der Waals surface area contributed by atoms with Crippen molar-refractivity contribution in [1.82, 2.24) is 5.32 Å². The number of rotatable bonds is 6. The molecule has 1 aromatic rings. The molecule has 0 fully saturated rings. The summed E-state index contributed by atoms with van der Waals surface area (Å²) in [5, 5.41) is 5.05. The standard InChI is InChI=1S/C11H15FN2O3S/c1-18(16,17)7-6-13-8-11(15)14-10-5-3-2-4-9(10)12/h2-5,13H,6-8H2,1H3,(H,14,15). The summed E-state index contributed by atoms with van der Waals surface area (Å²) >= 11 is 0. The maximum atomic E-state index is 13.2. The van der Waals surface area contributed by atoms with Gasteiger partial charge in [0.05, 0.1) is 18.0 Å². The van der Waals surface area contributed by atoms with Gasteiger partial charge in [-0.3, -0.25) is 4.79 Å². The first kappa shape index (κ1) is 14.6. The molecule has 0 heterocycles. The molecule has 2 N–H and O–H groups in total. The molecule has 0 unspecified atom stereocenters. The Labute approximate surface area is 105 Å². The number of halogens is 1. The molecule has 0 radical (unpaired) electrons. The van der Waals surface area contributed by atoms with E-state index in [1.807, 2.05) is 0 Å². The van der Waals surface area contributed by atoms with Gasteiger partial charge in [0.1, 0.15) is 15.7 Å². The molecule has 5 nitrogen and oxygen atoms in total. The van der Waals surface area contributed by atoms with E-state index in [2.05, 4.69) is 10.6 Å². The van der Waals surface area contributed by atoms with Gasteiger partial charge < -0.3 is 10.6 Å². The number of benzene rings is 1. The minimum absolute atomic E-state index is 0.0417. The topological polar surface area (TPSA) is 75.3 Å². The van der Waals surface area contributed by atoms with E-state index in [1.54, 1.807) is 6.07 Å². The van der Waals surface area contributed by atoms with E-state index in [0.717, 1.165) is 6.26 Å². The summed E-state index contributed by atoms with van der Waals surface area (Å²) < 4.78 is 34.8. The lowest BCUT2D eigenvalue weighted by atomic mass is 10.3. The first-order chi connectivity index (χ1) is 8.38. The SMILES string of the molecule is CS(=O)(=O)CCNCC(=O)Nc1ccccc1F. The fourth-order valence-corrected chi connectivity index (χ4v) is 1.73. The Hall–Kier alpha value is -1.47. The van der Waals surface area contributed by atoms with Gasteiger partial charge in [0.2, 0.25) is 5.91 Å². The lowest BCUT2D eigenvalue weighted by Gasteiger charge is -2.07. The van der Waals surface area contributed by atoms with Gasteiger partial charge in [-0.1, -0.05) is 12.1 Å². The summed E-state index contributed by atoms with van der Waals surface area (Å²) in [5.41, 5.74) is 0.104. The maximum Gasteiger partial charge on any atom is 0.238 e. The van der Waals surface area contributed by atoms with E-state index in [4.69, 9.17) is 0 Å². The molecule has 1 amide bonds. The quantitative estimate of drug-likeness (QED) is 0.736. The number of carbonyl (C=O) groups excluding carboxylic acids is 1. The van der Waals surface area contributed by atoms with Crippen LogP contribution >= 0.6 is 0 Å². The minimum atomic E-state index is -3.04. The zero-order valence-electron chi connectivity index (χ0n) is 9.94. The molecule has 0 bridgehead atoms.